The molecule has 0 aromatic heterocycles. The molecule has 0 bridgehead atoms. The Hall–Kier alpha value is -0.580. The maximum absolute atomic E-state index is 13.8. The summed E-state index contributed by atoms with van der Waals surface area (Å²) in [5, 5.41) is 0. The summed E-state index contributed by atoms with van der Waals surface area (Å²) in [5.41, 5.74) is 6.54. The quantitative estimate of drug-likeness (QED) is 0.893. The molecule has 0 spiro atoms. The summed E-state index contributed by atoms with van der Waals surface area (Å²) in [6, 6.07) is 7.45. The van der Waals surface area contributed by atoms with Gasteiger partial charge < -0.3 is 5.73 Å². The second-order valence-corrected chi connectivity index (χ2v) is 5.61. The van der Waals surface area contributed by atoms with Crippen molar-refractivity contribution in [2.24, 2.45) is 5.73 Å². The van der Waals surface area contributed by atoms with Crippen LogP contribution in [0.1, 0.15) is 18.0 Å². The van der Waals surface area contributed by atoms with Crippen LogP contribution >= 0.6 is 11.8 Å². The molecule has 2 N–H and O–H groups in total. The van der Waals surface area contributed by atoms with Gasteiger partial charge in [0.25, 0.3) is 0 Å². The van der Waals surface area contributed by atoms with Gasteiger partial charge in [0.2, 0.25) is 0 Å². The standard InChI is InChI=1S/C13H19FN2S/c1-16(10-6-7-17-9-10)13(8-15)11-4-2-3-5-12(11)14/h2-5,10,13H,6-9,15H2,1H3. The maximum atomic E-state index is 13.8. The monoisotopic (exact) mass is 254 g/mol. The molecule has 4 heteroatoms. The Balaban J connectivity index is 2.18. The summed E-state index contributed by atoms with van der Waals surface area (Å²) in [4.78, 5) is 2.23. The van der Waals surface area contributed by atoms with Gasteiger partial charge in [-0.3, -0.25) is 4.90 Å². The maximum Gasteiger partial charge on any atom is 0.128 e. The molecule has 2 atom stereocenters. The molecule has 0 amide bonds. The fraction of sp³-hybridized carbons (Fsp3) is 0.538. The summed E-state index contributed by atoms with van der Waals surface area (Å²) >= 11 is 1.96. The third-order valence-corrected chi connectivity index (χ3v) is 4.61. The van der Waals surface area contributed by atoms with Gasteiger partial charge in [0.05, 0.1) is 0 Å². The van der Waals surface area contributed by atoms with E-state index in [0.29, 0.717) is 12.6 Å². The third-order valence-electron chi connectivity index (χ3n) is 3.46. The third kappa shape index (κ3) is 2.81. The van der Waals surface area contributed by atoms with Crippen LogP contribution in [-0.2, 0) is 0 Å². The van der Waals surface area contributed by atoms with E-state index in [2.05, 4.69) is 11.9 Å². The van der Waals surface area contributed by atoms with E-state index in [4.69, 9.17) is 5.73 Å². The van der Waals surface area contributed by atoms with E-state index in [1.165, 1.54) is 18.2 Å². The number of hydrogen-bond acceptors (Lipinski definition) is 3. The van der Waals surface area contributed by atoms with Crippen LogP contribution in [0.3, 0.4) is 0 Å². The van der Waals surface area contributed by atoms with E-state index in [1.807, 2.05) is 23.9 Å². The summed E-state index contributed by atoms with van der Waals surface area (Å²) in [5.74, 6) is 2.17. The number of benzene rings is 1. The van der Waals surface area contributed by atoms with Crippen molar-refractivity contribution < 1.29 is 4.39 Å². The molecule has 1 aliphatic heterocycles. The highest BCUT2D eigenvalue weighted by Crippen LogP contribution is 2.29. The minimum Gasteiger partial charge on any atom is -0.329 e. The molecule has 1 saturated heterocycles. The van der Waals surface area contributed by atoms with Crippen molar-refractivity contribution in [3.63, 3.8) is 0 Å². The minimum absolute atomic E-state index is 0.0140. The Morgan fingerprint density at radius 2 is 2.29 bits per heavy atom. The average molecular weight is 254 g/mol. The Labute approximate surface area is 106 Å². The van der Waals surface area contributed by atoms with E-state index in [9.17, 15) is 4.39 Å². The van der Waals surface area contributed by atoms with Crippen LogP contribution in [0.5, 0.6) is 0 Å². The molecule has 1 aromatic carbocycles. The zero-order valence-corrected chi connectivity index (χ0v) is 10.9. The lowest BCUT2D eigenvalue weighted by Crippen LogP contribution is -2.39. The van der Waals surface area contributed by atoms with Crippen molar-refractivity contribution in [3.05, 3.63) is 35.6 Å². The number of nitrogens with zero attached hydrogens (tertiary/aromatic N) is 1. The Morgan fingerprint density at radius 3 is 2.88 bits per heavy atom. The summed E-state index contributed by atoms with van der Waals surface area (Å²) in [7, 11) is 2.06. The van der Waals surface area contributed by atoms with Crippen molar-refractivity contribution in [1.82, 2.24) is 4.90 Å². The van der Waals surface area contributed by atoms with E-state index in [1.54, 1.807) is 6.07 Å². The molecule has 1 aliphatic rings. The van der Waals surface area contributed by atoms with E-state index < -0.39 is 0 Å². The van der Waals surface area contributed by atoms with E-state index >= 15 is 0 Å². The molecule has 94 valence electrons. The summed E-state index contributed by atoms with van der Waals surface area (Å²) in [6.45, 7) is 0.457. The number of nitrogens with two attached hydrogens (primary N) is 1. The fourth-order valence-corrected chi connectivity index (χ4v) is 3.64. The first-order valence-corrected chi connectivity index (χ1v) is 7.13. The van der Waals surface area contributed by atoms with Gasteiger partial charge in [-0.25, -0.2) is 4.39 Å². The molecular weight excluding hydrogens is 235 g/mol. The summed E-state index contributed by atoms with van der Waals surface area (Å²) < 4.78 is 13.8. The normalized spacial score (nSPS) is 22.0. The molecule has 2 rings (SSSR count). The first-order valence-electron chi connectivity index (χ1n) is 5.98. The molecule has 2 nitrogen and oxygen atoms in total. The van der Waals surface area contributed by atoms with Crippen LogP contribution in [0.4, 0.5) is 4.39 Å². The van der Waals surface area contributed by atoms with Gasteiger partial charge in [-0.2, -0.15) is 11.8 Å². The molecule has 0 aliphatic carbocycles. The largest absolute Gasteiger partial charge is 0.329 e. The molecule has 2 unspecified atom stereocenters. The van der Waals surface area contributed by atoms with Crippen molar-refractivity contribution >= 4 is 11.8 Å². The lowest BCUT2D eigenvalue weighted by Gasteiger charge is -2.32. The Morgan fingerprint density at radius 1 is 1.53 bits per heavy atom. The van der Waals surface area contributed by atoms with Crippen LogP contribution in [-0.4, -0.2) is 36.0 Å². The number of thioether (sulfide) groups is 1. The van der Waals surface area contributed by atoms with Crippen molar-refractivity contribution in [1.29, 1.82) is 0 Å². The molecule has 1 heterocycles. The molecule has 0 radical (unpaired) electrons. The predicted octanol–water partition coefficient (Wildman–Crippen LogP) is 2.26. The van der Waals surface area contributed by atoms with E-state index in [-0.39, 0.29) is 11.9 Å². The zero-order valence-electron chi connectivity index (χ0n) is 10.1. The van der Waals surface area contributed by atoms with Gasteiger partial charge in [0, 0.05) is 29.9 Å². The molecule has 1 aromatic rings. The highest BCUT2D eigenvalue weighted by atomic mass is 32.2. The molecule has 0 saturated carbocycles. The van der Waals surface area contributed by atoms with Crippen LogP contribution in [0.25, 0.3) is 0 Å². The Kier molecular flexibility index (Phi) is 4.42. The number of rotatable bonds is 4. The van der Waals surface area contributed by atoms with Gasteiger partial charge in [0.1, 0.15) is 5.82 Å². The van der Waals surface area contributed by atoms with Crippen LogP contribution in [0.15, 0.2) is 24.3 Å². The van der Waals surface area contributed by atoms with Gasteiger partial charge in [-0.05, 0) is 25.3 Å². The van der Waals surface area contributed by atoms with Crippen LogP contribution in [0, 0.1) is 5.82 Å². The molecule has 17 heavy (non-hydrogen) atoms. The molecule has 1 fully saturated rings. The minimum atomic E-state index is -0.152. The van der Waals surface area contributed by atoms with Gasteiger partial charge in [-0.1, -0.05) is 18.2 Å². The van der Waals surface area contributed by atoms with Gasteiger partial charge >= 0.3 is 0 Å². The number of likely N-dealkylation sites (N-methyl/N-ethyl adjacent to an activating group) is 1. The van der Waals surface area contributed by atoms with Gasteiger partial charge in [-0.15, -0.1) is 0 Å². The fourth-order valence-electron chi connectivity index (χ4n) is 2.36. The zero-order chi connectivity index (χ0) is 12.3. The SMILES string of the molecule is CN(C1CCSC1)C(CN)c1ccccc1F. The highest BCUT2D eigenvalue weighted by molar-refractivity contribution is 7.99. The smallest absolute Gasteiger partial charge is 0.128 e. The lowest BCUT2D eigenvalue weighted by molar-refractivity contribution is 0.189. The number of halogens is 1. The summed E-state index contributed by atoms with van der Waals surface area (Å²) in [6.07, 6.45) is 1.17. The van der Waals surface area contributed by atoms with Crippen molar-refractivity contribution in [2.45, 2.75) is 18.5 Å². The second kappa shape index (κ2) is 5.85. The first kappa shape index (κ1) is 12.9. The van der Waals surface area contributed by atoms with Crippen molar-refractivity contribution in [3.8, 4) is 0 Å². The highest BCUT2D eigenvalue weighted by Gasteiger charge is 2.27. The van der Waals surface area contributed by atoms with Crippen LogP contribution in [0.2, 0.25) is 0 Å². The first-order chi connectivity index (χ1) is 8.24. The lowest BCUT2D eigenvalue weighted by atomic mass is 10.0. The van der Waals surface area contributed by atoms with E-state index in [0.717, 1.165) is 11.3 Å². The predicted molar refractivity (Wildman–Crippen MR) is 71.7 cm³/mol. The number of hydrogen-bond donors (Lipinski definition) is 1. The average Bonchev–Trinajstić information content (AvgIpc) is 2.86. The van der Waals surface area contributed by atoms with Crippen molar-refractivity contribution in [2.75, 3.05) is 25.1 Å². The topological polar surface area (TPSA) is 29.3 Å². The Bertz CT molecular complexity index is 366. The van der Waals surface area contributed by atoms with Gasteiger partial charge in [0.15, 0.2) is 0 Å². The molecular formula is C13H19FN2S. The second-order valence-electron chi connectivity index (χ2n) is 4.46. The van der Waals surface area contributed by atoms with Crippen LogP contribution < -0.4 is 5.73 Å².